The number of carbonyl (C=O) groups excluding carboxylic acids is 3. The fourth-order valence-electron chi connectivity index (χ4n) is 4.51. The number of Topliss-reactive ketones (excluding diaryl/α,β-unsaturated/α-hetero) is 1. The Labute approximate surface area is 131 Å². The van der Waals surface area contributed by atoms with Gasteiger partial charge in [0.05, 0.1) is 14.2 Å². The monoisotopic (exact) mass is 308 g/mol. The van der Waals surface area contributed by atoms with Gasteiger partial charge in [-0.3, -0.25) is 14.4 Å². The van der Waals surface area contributed by atoms with Crippen molar-refractivity contribution in [1.82, 2.24) is 0 Å². The number of carbonyl (C=O) groups is 3. The number of fused-ring (bicyclic) bond motifs is 2. The maximum Gasteiger partial charge on any atom is 0.323 e. The zero-order chi connectivity index (χ0) is 16.9. The third kappa shape index (κ3) is 1.94. The number of allylic oxidation sites excluding steroid dienone is 1. The van der Waals surface area contributed by atoms with Gasteiger partial charge in [0, 0.05) is 11.3 Å². The van der Waals surface area contributed by atoms with Crippen LogP contribution in [0.1, 0.15) is 33.6 Å². The van der Waals surface area contributed by atoms with Crippen LogP contribution in [0.25, 0.3) is 0 Å². The Bertz CT molecular complexity index is 529. The van der Waals surface area contributed by atoms with E-state index < -0.39 is 34.6 Å². The van der Waals surface area contributed by atoms with Crippen LogP contribution in [0.5, 0.6) is 0 Å². The molecule has 2 saturated carbocycles. The Morgan fingerprint density at radius 1 is 1.18 bits per heavy atom. The number of hydrogen-bond acceptors (Lipinski definition) is 5. The van der Waals surface area contributed by atoms with E-state index in [1.165, 1.54) is 14.2 Å². The fourth-order valence-corrected chi connectivity index (χ4v) is 4.51. The molecular formula is C17H24O5. The second-order valence-corrected chi connectivity index (χ2v) is 7.06. The van der Waals surface area contributed by atoms with Crippen molar-refractivity contribution < 1.29 is 23.9 Å². The summed E-state index contributed by atoms with van der Waals surface area (Å²) in [5, 5.41) is 0. The highest BCUT2D eigenvalue weighted by molar-refractivity contribution is 6.02. The van der Waals surface area contributed by atoms with Crippen molar-refractivity contribution in [2.45, 2.75) is 33.6 Å². The second kappa shape index (κ2) is 5.21. The average Bonchev–Trinajstić information content (AvgIpc) is 2.49. The third-order valence-electron chi connectivity index (χ3n) is 5.74. The van der Waals surface area contributed by atoms with Crippen LogP contribution in [0.3, 0.4) is 0 Å². The molecule has 122 valence electrons. The number of rotatable bonds is 2. The minimum absolute atomic E-state index is 0.0244. The van der Waals surface area contributed by atoms with E-state index in [1.807, 2.05) is 13.8 Å². The maximum absolute atomic E-state index is 12.8. The van der Waals surface area contributed by atoms with Crippen molar-refractivity contribution in [2.24, 2.45) is 28.6 Å². The quantitative estimate of drug-likeness (QED) is 0.444. The summed E-state index contributed by atoms with van der Waals surface area (Å²) < 4.78 is 9.80. The van der Waals surface area contributed by atoms with E-state index in [1.54, 1.807) is 6.92 Å². The summed E-state index contributed by atoms with van der Waals surface area (Å²) in [6.07, 6.45) is 0.756. The molecule has 2 bridgehead atoms. The molecule has 0 N–H and O–H groups in total. The highest BCUT2D eigenvalue weighted by Gasteiger charge is 2.65. The molecular weight excluding hydrogens is 284 g/mol. The van der Waals surface area contributed by atoms with E-state index in [0.717, 1.165) is 5.57 Å². The molecule has 2 aliphatic rings. The number of methoxy groups -OCH3 is 2. The number of ether oxygens (including phenoxy) is 2. The van der Waals surface area contributed by atoms with Crippen molar-refractivity contribution in [1.29, 1.82) is 0 Å². The molecule has 0 aromatic carbocycles. The molecule has 0 aromatic rings. The Morgan fingerprint density at radius 2 is 1.68 bits per heavy atom. The molecule has 22 heavy (non-hydrogen) atoms. The van der Waals surface area contributed by atoms with Gasteiger partial charge in [-0.15, -0.1) is 0 Å². The van der Waals surface area contributed by atoms with Crippen LogP contribution in [0.2, 0.25) is 0 Å². The largest absolute Gasteiger partial charge is 0.468 e. The summed E-state index contributed by atoms with van der Waals surface area (Å²) in [7, 11) is 2.50. The van der Waals surface area contributed by atoms with E-state index in [-0.39, 0.29) is 18.1 Å². The molecule has 3 atom stereocenters. The number of hydrogen-bond donors (Lipinski definition) is 0. The first-order valence-corrected chi connectivity index (χ1v) is 7.53. The molecule has 0 saturated heterocycles. The van der Waals surface area contributed by atoms with Gasteiger partial charge in [0.1, 0.15) is 5.78 Å². The number of ketones is 1. The van der Waals surface area contributed by atoms with Gasteiger partial charge in [-0.1, -0.05) is 32.9 Å². The lowest BCUT2D eigenvalue weighted by Gasteiger charge is -2.54. The topological polar surface area (TPSA) is 69.7 Å². The van der Waals surface area contributed by atoms with Gasteiger partial charge in [-0.25, -0.2) is 0 Å². The minimum Gasteiger partial charge on any atom is -0.468 e. The van der Waals surface area contributed by atoms with Crippen LogP contribution >= 0.6 is 0 Å². The van der Waals surface area contributed by atoms with Crippen LogP contribution in [-0.4, -0.2) is 31.9 Å². The van der Waals surface area contributed by atoms with Crippen molar-refractivity contribution >= 4 is 17.7 Å². The molecule has 5 nitrogen and oxygen atoms in total. The SMILES string of the molecule is C=C1CC(C(=O)OC)(C(=O)OC)[C@H]2C[C@@H]1C(C)(C)C(=O)[C@H]2C. The summed E-state index contributed by atoms with van der Waals surface area (Å²) in [6, 6.07) is 0. The molecule has 0 amide bonds. The van der Waals surface area contributed by atoms with Gasteiger partial charge in [0.15, 0.2) is 5.41 Å². The summed E-state index contributed by atoms with van der Waals surface area (Å²) in [4.78, 5) is 37.7. The lowest BCUT2D eigenvalue weighted by Crippen LogP contribution is -2.60. The molecule has 2 rings (SSSR count). The van der Waals surface area contributed by atoms with Gasteiger partial charge in [0.2, 0.25) is 0 Å². The van der Waals surface area contributed by atoms with Crippen molar-refractivity contribution in [3.63, 3.8) is 0 Å². The van der Waals surface area contributed by atoms with Crippen LogP contribution in [-0.2, 0) is 23.9 Å². The lowest BCUT2D eigenvalue weighted by atomic mass is 9.47. The standard InChI is InChI=1S/C17H24O5/c1-9-8-17(14(19)21-5,15(20)22-6)12-7-11(9)16(3,4)13(18)10(12)2/h10-12H,1,7-8H2,2-6H3/t10-,11-,12-/m0/s1. The van der Waals surface area contributed by atoms with Crippen molar-refractivity contribution in [3.05, 3.63) is 12.2 Å². The first kappa shape index (κ1) is 16.7. The number of esters is 2. The van der Waals surface area contributed by atoms with Gasteiger partial charge in [-0.05, 0) is 24.7 Å². The third-order valence-corrected chi connectivity index (χ3v) is 5.74. The maximum atomic E-state index is 12.8. The van der Waals surface area contributed by atoms with Crippen LogP contribution < -0.4 is 0 Å². The van der Waals surface area contributed by atoms with Gasteiger partial charge in [-0.2, -0.15) is 0 Å². The minimum atomic E-state index is -1.46. The van der Waals surface area contributed by atoms with E-state index in [9.17, 15) is 14.4 Å². The summed E-state index contributed by atoms with van der Waals surface area (Å²) >= 11 is 0. The highest BCUT2D eigenvalue weighted by Crippen LogP contribution is 2.59. The van der Waals surface area contributed by atoms with Crippen LogP contribution in [0, 0.1) is 28.6 Å². The summed E-state index contributed by atoms with van der Waals surface area (Å²) in [5.41, 5.74) is -1.23. The zero-order valence-corrected chi connectivity index (χ0v) is 13.9. The predicted molar refractivity (Wildman–Crippen MR) is 79.8 cm³/mol. The molecule has 0 aromatic heterocycles. The molecule has 2 aliphatic carbocycles. The first-order chi connectivity index (χ1) is 10.1. The van der Waals surface area contributed by atoms with Crippen LogP contribution in [0.15, 0.2) is 12.2 Å². The first-order valence-electron chi connectivity index (χ1n) is 7.53. The fraction of sp³-hybridized carbons (Fsp3) is 0.706. The van der Waals surface area contributed by atoms with Crippen molar-refractivity contribution in [3.8, 4) is 0 Å². The normalized spacial score (nSPS) is 32.3. The molecule has 0 radical (unpaired) electrons. The highest BCUT2D eigenvalue weighted by atomic mass is 16.5. The van der Waals surface area contributed by atoms with E-state index >= 15 is 0 Å². The smallest absolute Gasteiger partial charge is 0.323 e. The van der Waals surface area contributed by atoms with Crippen LogP contribution in [0.4, 0.5) is 0 Å². The molecule has 0 unspecified atom stereocenters. The molecule has 0 heterocycles. The predicted octanol–water partition coefficient (Wildman–Crippen LogP) is 2.15. The average molecular weight is 308 g/mol. The molecule has 0 aliphatic heterocycles. The van der Waals surface area contributed by atoms with Crippen molar-refractivity contribution in [2.75, 3.05) is 14.2 Å². The second-order valence-electron chi connectivity index (χ2n) is 7.06. The summed E-state index contributed by atoms with van der Waals surface area (Å²) in [6.45, 7) is 9.68. The lowest BCUT2D eigenvalue weighted by molar-refractivity contribution is -0.183. The zero-order valence-electron chi connectivity index (χ0n) is 13.9. The summed E-state index contributed by atoms with van der Waals surface area (Å²) in [5.74, 6) is -2.05. The molecule has 5 heteroatoms. The van der Waals surface area contributed by atoms with Gasteiger partial charge < -0.3 is 9.47 Å². The molecule has 0 spiro atoms. The Hall–Kier alpha value is -1.65. The Morgan fingerprint density at radius 3 is 2.14 bits per heavy atom. The van der Waals surface area contributed by atoms with Gasteiger partial charge >= 0.3 is 11.9 Å². The van der Waals surface area contributed by atoms with Gasteiger partial charge in [0.25, 0.3) is 0 Å². The van der Waals surface area contributed by atoms with E-state index in [4.69, 9.17) is 9.47 Å². The Balaban J connectivity index is 2.60. The van der Waals surface area contributed by atoms with E-state index in [2.05, 4.69) is 6.58 Å². The van der Waals surface area contributed by atoms with E-state index in [0.29, 0.717) is 6.42 Å². The molecule has 2 fully saturated rings. The Kier molecular flexibility index (Phi) is 3.96.